The molecule has 0 saturated heterocycles. The lowest BCUT2D eigenvalue weighted by atomic mass is 9.33. The van der Waals surface area contributed by atoms with Crippen LogP contribution >= 0.6 is 0 Å². The minimum absolute atomic E-state index is 0.124. The molecule has 32 heavy (non-hydrogen) atoms. The van der Waals surface area contributed by atoms with Crippen LogP contribution in [0.4, 0.5) is 0 Å². The standard InChI is InChI=1S/C30H46O2/c1-19-10-15-30(18-31)17-16-28(6)21(25(30)20(19)2)8-9-23-27(5)13-12-24(32)26(3,4)22(27)11-14-29(23,28)7/h8,18-20,22-23,25H,9-17H2,1-7H3/t19-,20+,22+,23+,25+,27+,28-,29-,30-/m1/s1. The van der Waals surface area contributed by atoms with Gasteiger partial charge in [-0.3, -0.25) is 4.79 Å². The molecule has 4 saturated carbocycles. The van der Waals surface area contributed by atoms with Gasteiger partial charge in [0.1, 0.15) is 12.1 Å². The number of carbonyl (C=O) groups excluding carboxylic acids is 2. The van der Waals surface area contributed by atoms with E-state index in [0.29, 0.717) is 35.4 Å². The molecule has 2 heteroatoms. The van der Waals surface area contributed by atoms with Crippen molar-refractivity contribution < 1.29 is 9.59 Å². The molecule has 0 aromatic heterocycles. The van der Waals surface area contributed by atoms with E-state index in [1.807, 2.05) is 0 Å². The molecule has 0 spiro atoms. The second-order valence-corrected chi connectivity index (χ2v) is 14.1. The van der Waals surface area contributed by atoms with E-state index in [4.69, 9.17) is 0 Å². The number of allylic oxidation sites excluding steroid dienone is 2. The summed E-state index contributed by atoms with van der Waals surface area (Å²) in [4.78, 5) is 25.5. The summed E-state index contributed by atoms with van der Waals surface area (Å²) >= 11 is 0. The fraction of sp³-hybridized carbons (Fsp3) is 0.867. The molecule has 0 aromatic rings. The van der Waals surface area contributed by atoms with E-state index in [2.05, 4.69) is 54.5 Å². The Hall–Kier alpha value is -0.920. The number of aldehydes is 1. The van der Waals surface area contributed by atoms with E-state index >= 15 is 0 Å². The molecule has 178 valence electrons. The van der Waals surface area contributed by atoms with Crippen molar-refractivity contribution in [3.63, 3.8) is 0 Å². The van der Waals surface area contributed by atoms with Crippen molar-refractivity contribution in [2.24, 2.45) is 56.7 Å². The van der Waals surface area contributed by atoms with Gasteiger partial charge in [0, 0.05) is 17.3 Å². The summed E-state index contributed by atoms with van der Waals surface area (Å²) < 4.78 is 0. The molecule has 5 aliphatic rings. The van der Waals surface area contributed by atoms with Crippen LogP contribution in [0.5, 0.6) is 0 Å². The first-order valence-electron chi connectivity index (χ1n) is 13.6. The maximum absolute atomic E-state index is 12.9. The monoisotopic (exact) mass is 438 g/mol. The van der Waals surface area contributed by atoms with Gasteiger partial charge in [0.05, 0.1) is 0 Å². The first-order chi connectivity index (χ1) is 14.9. The first-order valence-corrected chi connectivity index (χ1v) is 13.6. The fourth-order valence-corrected chi connectivity index (χ4v) is 10.6. The highest BCUT2D eigenvalue weighted by atomic mass is 16.1. The Morgan fingerprint density at radius 2 is 1.62 bits per heavy atom. The lowest BCUT2D eigenvalue weighted by Crippen LogP contribution is -2.64. The lowest BCUT2D eigenvalue weighted by molar-refractivity contribution is -0.185. The molecular weight excluding hydrogens is 392 g/mol. The minimum atomic E-state index is -0.189. The highest BCUT2D eigenvalue weighted by Gasteiger charge is 2.68. The normalized spacial score (nSPS) is 54.4. The fourth-order valence-electron chi connectivity index (χ4n) is 10.6. The Labute approximate surface area is 196 Å². The van der Waals surface area contributed by atoms with E-state index in [1.54, 1.807) is 5.57 Å². The van der Waals surface area contributed by atoms with Crippen molar-refractivity contribution in [1.29, 1.82) is 0 Å². The number of carbonyl (C=O) groups is 2. The average Bonchev–Trinajstić information content (AvgIpc) is 2.74. The maximum Gasteiger partial charge on any atom is 0.138 e. The third-order valence-electron chi connectivity index (χ3n) is 13.0. The van der Waals surface area contributed by atoms with E-state index < -0.39 is 0 Å². The summed E-state index contributed by atoms with van der Waals surface area (Å²) in [7, 11) is 0. The zero-order chi connectivity index (χ0) is 23.3. The Kier molecular flexibility index (Phi) is 4.87. The number of ketones is 1. The molecular formula is C30H46O2. The van der Waals surface area contributed by atoms with Gasteiger partial charge in [-0.1, -0.05) is 60.1 Å². The van der Waals surface area contributed by atoms with Gasteiger partial charge in [-0.15, -0.1) is 0 Å². The van der Waals surface area contributed by atoms with Crippen LogP contribution in [0, 0.1) is 56.7 Å². The Bertz CT molecular complexity index is 868. The van der Waals surface area contributed by atoms with Crippen molar-refractivity contribution >= 4 is 12.1 Å². The topological polar surface area (TPSA) is 34.1 Å². The maximum atomic E-state index is 12.9. The molecule has 0 amide bonds. The van der Waals surface area contributed by atoms with Gasteiger partial charge in [-0.05, 0) is 97.2 Å². The van der Waals surface area contributed by atoms with Gasteiger partial charge in [0.15, 0.2) is 0 Å². The molecule has 0 unspecified atom stereocenters. The van der Waals surface area contributed by atoms with Crippen molar-refractivity contribution in [2.75, 3.05) is 0 Å². The summed E-state index contributed by atoms with van der Waals surface area (Å²) in [6.07, 6.45) is 13.9. The molecule has 5 aliphatic carbocycles. The van der Waals surface area contributed by atoms with Gasteiger partial charge >= 0.3 is 0 Å². The van der Waals surface area contributed by atoms with Crippen LogP contribution in [0.1, 0.15) is 106 Å². The highest BCUT2D eigenvalue weighted by Crippen LogP contribution is 2.75. The number of Topliss-reactive ketones (excluding diaryl/α,β-unsaturated/α-hetero) is 1. The molecule has 0 aliphatic heterocycles. The molecule has 0 radical (unpaired) electrons. The van der Waals surface area contributed by atoms with Gasteiger partial charge in [-0.25, -0.2) is 0 Å². The third kappa shape index (κ3) is 2.54. The van der Waals surface area contributed by atoms with Gasteiger partial charge < -0.3 is 4.79 Å². The van der Waals surface area contributed by atoms with Crippen LogP contribution in [0.25, 0.3) is 0 Å². The zero-order valence-electron chi connectivity index (χ0n) is 21.7. The third-order valence-corrected chi connectivity index (χ3v) is 13.0. The van der Waals surface area contributed by atoms with E-state index in [1.165, 1.54) is 25.5 Å². The largest absolute Gasteiger partial charge is 0.303 e. The van der Waals surface area contributed by atoms with Crippen molar-refractivity contribution in [3.05, 3.63) is 11.6 Å². The van der Waals surface area contributed by atoms with Crippen LogP contribution in [0.3, 0.4) is 0 Å². The average molecular weight is 439 g/mol. The predicted octanol–water partition coefficient (Wildman–Crippen LogP) is 7.41. The summed E-state index contributed by atoms with van der Waals surface area (Å²) in [5, 5.41) is 0. The number of fused-ring (bicyclic) bond motifs is 7. The van der Waals surface area contributed by atoms with Crippen LogP contribution in [-0.2, 0) is 9.59 Å². The van der Waals surface area contributed by atoms with E-state index in [-0.39, 0.29) is 27.1 Å². The molecule has 0 aromatic carbocycles. The predicted molar refractivity (Wildman–Crippen MR) is 130 cm³/mol. The smallest absolute Gasteiger partial charge is 0.138 e. The molecule has 0 heterocycles. The van der Waals surface area contributed by atoms with Crippen molar-refractivity contribution in [3.8, 4) is 0 Å². The number of rotatable bonds is 1. The second-order valence-electron chi connectivity index (χ2n) is 14.1. The molecule has 4 fully saturated rings. The minimum Gasteiger partial charge on any atom is -0.303 e. The number of hydrogen-bond acceptors (Lipinski definition) is 2. The molecule has 9 atom stereocenters. The summed E-state index contributed by atoms with van der Waals surface area (Å²) in [6, 6.07) is 0. The van der Waals surface area contributed by atoms with Gasteiger partial charge in [0.25, 0.3) is 0 Å². The van der Waals surface area contributed by atoms with Crippen LogP contribution in [-0.4, -0.2) is 12.1 Å². The second kappa shape index (κ2) is 6.82. The lowest BCUT2D eigenvalue weighted by Gasteiger charge is -2.70. The van der Waals surface area contributed by atoms with Crippen LogP contribution in [0.2, 0.25) is 0 Å². The zero-order valence-corrected chi connectivity index (χ0v) is 21.7. The molecule has 0 N–H and O–H groups in total. The van der Waals surface area contributed by atoms with E-state index in [9.17, 15) is 9.59 Å². The summed E-state index contributed by atoms with van der Waals surface area (Å²) in [6.45, 7) is 17.0. The van der Waals surface area contributed by atoms with Gasteiger partial charge in [-0.2, -0.15) is 0 Å². The van der Waals surface area contributed by atoms with Crippen LogP contribution < -0.4 is 0 Å². The SMILES string of the molecule is C[C@H]1[C@H](C)CC[C@]2(C=O)CC[C@]3(C)C(=CC[C@H]4[C@@]5(C)CCC(=O)C(C)(C)[C@@H]5CC[C@]43C)[C@H]12. The summed E-state index contributed by atoms with van der Waals surface area (Å²) in [5.74, 6) is 3.32. The highest BCUT2D eigenvalue weighted by molar-refractivity contribution is 5.85. The molecule has 5 rings (SSSR count). The van der Waals surface area contributed by atoms with Gasteiger partial charge in [0.2, 0.25) is 0 Å². The van der Waals surface area contributed by atoms with Crippen molar-refractivity contribution in [1.82, 2.24) is 0 Å². The Morgan fingerprint density at radius 3 is 2.31 bits per heavy atom. The molecule has 0 bridgehead atoms. The number of hydrogen-bond donors (Lipinski definition) is 0. The van der Waals surface area contributed by atoms with E-state index in [0.717, 1.165) is 38.5 Å². The quantitative estimate of drug-likeness (QED) is 0.315. The summed E-state index contributed by atoms with van der Waals surface area (Å²) in [5.41, 5.74) is 2.01. The molecule has 2 nitrogen and oxygen atoms in total. The Balaban J connectivity index is 1.61. The Morgan fingerprint density at radius 1 is 0.906 bits per heavy atom. The van der Waals surface area contributed by atoms with Crippen LogP contribution in [0.15, 0.2) is 11.6 Å². The first kappa shape index (κ1) is 22.9. The van der Waals surface area contributed by atoms with Crippen molar-refractivity contribution in [2.45, 2.75) is 106 Å².